The Hall–Kier alpha value is -2.66. The molecule has 0 unspecified atom stereocenters. The summed E-state index contributed by atoms with van der Waals surface area (Å²) in [6.07, 6.45) is 5.77. The van der Waals surface area contributed by atoms with Crippen molar-refractivity contribution < 1.29 is 27.4 Å². The summed E-state index contributed by atoms with van der Waals surface area (Å²) in [6, 6.07) is 7.32. The SMILES string of the molecule is O=C(C[C@@H]1C=C[C@H](NS(=O)(=O)c2ccc(F)cc2)[C@H](CO)O1)NCCc1ccncc1. The van der Waals surface area contributed by atoms with E-state index in [1.807, 2.05) is 12.1 Å². The third-order valence-electron chi connectivity index (χ3n) is 4.75. The first kappa shape index (κ1) is 23.0. The van der Waals surface area contributed by atoms with Crippen molar-refractivity contribution in [1.82, 2.24) is 15.0 Å². The Morgan fingerprint density at radius 2 is 1.84 bits per heavy atom. The summed E-state index contributed by atoms with van der Waals surface area (Å²) in [5.74, 6) is -0.763. The molecule has 3 N–H and O–H groups in total. The molecule has 0 aliphatic carbocycles. The number of aliphatic hydroxyl groups excluding tert-OH is 1. The van der Waals surface area contributed by atoms with Gasteiger partial charge in [-0.05, 0) is 48.4 Å². The van der Waals surface area contributed by atoms with E-state index in [4.69, 9.17) is 4.74 Å². The molecule has 2 aromatic rings. The highest BCUT2D eigenvalue weighted by Crippen LogP contribution is 2.18. The van der Waals surface area contributed by atoms with E-state index in [-0.39, 0.29) is 17.2 Å². The van der Waals surface area contributed by atoms with Gasteiger partial charge >= 0.3 is 0 Å². The summed E-state index contributed by atoms with van der Waals surface area (Å²) in [5.41, 5.74) is 1.06. The van der Waals surface area contributed by atoms with Gasteiger partial charge < -0.3 is 15.2 Å². The minimum atomic E-state index is -3.94. The van der Waals surface area contributed by atoms with Crippen LogP contribution in [0, 0.1) is 5.82 Å². The number of carbonyl (C=O) groups is 1. The first-order valence-corrected chi connectivity index (χ1v) is 11.2. The largest absolute Gasteiger partial charge is 0.394 e. The van der Waals surface area contributed by atoms with E-state index in [0.717, 1.165) is 29.8 Å². The van der Waals surface area contributed by atoms with E-state index in [1.165, 1.54) is 0 Å². The van der Waals surface area contributed by atoms with Gasteiger partial charge in [-0.25, -0.2) is 17.5 Å². The second-order valence-electron chi connectivity index (χ2n) is 7.04. The third kappa shape index (κ3) is 6.66. The lowest BCUT2D eigenvalue weighted by Gasteiger charge is -2.31. The number of rotatable bonds is 9. The summed E-state index contributed by atoms with van der Waals surface area (Å²) in [5, 5.41) is 12.4. The molecule has 0 saturated carbocycles. The molecule has 2 heterocycles. The van der Waals surface area contributed by atoms with E-state index in [9.17, 15) is 22.7 Å². The van der Waals surface area contributed by atoms with E-state index in [2.05, 4.69) is 15.0 Å². The molecule has 0 bridgehead atoms. The molecular formula is C21H24FN3O5S. The van der Waals surface area contributed by atoms with Crippen molar-refractivity contribution in [3.05, 3.63) is 72.3 Å². The van der Waals surface area contributed by atoms with Crippen LogP contribution in [0.4, 0.5) is 4.39 Å². The van der Waals surface area contributed by atoms with Crippen molar-refractivity contribution in [2.45, 2.75) is 36.0 Å². The zero-order valence-electron chi connectivity index (χ0n) is 16.6. The molecular weight excluding hydrogens is 425 g/mol. The number of carbonyl (C=O) groups excluding carboxylic acids is 1. The standard InChI is InChI=1S/C21H24FN3O5S/c22-16-1-4-18(5-2-16)31(28,29)25-19-6-3-17(30-20(19)14-26)13-21(27)24-12-9-15-7-10-23-11-8-15/h1-8,10-11,17,19-20,25-26H,9,12-14H2,(H,24,27)/t17-,19-,20-/m0/s1. The number of hydrogen-bond acceptors (Lipinski definition) is 6. The number of benzene rings is 1. The normalized spacial score (nSPS) is 21.0. The van der Waals surface area contributed by atoms with Gasteiger partial charge in [-0.3, -0.25) is 9.78 Å². The summed E-state index contributed by atoms with van der Waals surface area (Å²) >= 11 is 0. The fraction of sp³-hybridized carbons (Fsp3) is 0.333. The monoisotopic (exact) mass is 449 g/mol. The predicted octanol–water partition coefficient (Wildman–Crippen LogP) is 0.932. The van der Waals surface area contributed by atoms with Gasteiger partial charge in [0.15, 0.2) is 0 Å². The molecule has 31 heavy (non-hydrogen) atoms. The van der Waals surface area contributed by atoms with Crippen LogP contribution in [0.25, 0.3) is 0 Å². The van der Waals surface area contributed by atoms with Crippen molar-refractivity contribution in [2.24, 2.45) is 0 Å². The second kappa shape index (κ2) is 10.6. The quantitative estimate of drug-likeness (QED) is 0.491. The van der Waals surface area contributed by atoms with Gasteiger partial charge in [-0.2, -0.15) is 0 Å². The molecule has 0 saturated heterocycles. The van der Waals surface area contributed by atoms with Crippen LogP contribution >= 0.6 is 0 Å². The van der Waals surface area contributed by atoms with Crippen LogP contribution in [0.5, 0.6) is 0 Å². The average molecular weight is 450 g/mol. The number of amides is 1. The van der Waals surface area contributed by atoms with Gasteiger partial charge in [0, 0.05) is 18.9 Å². The molecule has 1 aliphatic rings. The Morgan fingerprint density at radius 3 is 2.52 bits per heavy atom. The maximum atomic E-state index is 13.0. The topological polar surface area (TPSA) is 118 Å². The first-order chi connectivity index (χ1) is 14.9. The zero-order chi connectivity index (χ0) is 22.3. The molecule has 1 aromatic heterocycles. The highest BCUT2D eigenvalue weighted by Gasteiger charge is 2.31. The zero-order valence-corrected chi connectivity index (χ0v) is 17.5. The molecule has 1 aliphatic heterocycles. The molecule has 8 nitrogen and oxygen atoms in total. The van der Waals surface area contributed by atoms with Crippen molar-refractivity contribution in [3.63, 3.8) is 0 Å². The Bertz CT molecular complexity index is 999. The molecule has 1 amide bonds. The fourth-order valence-electron chi connectivity index (χ4n) is 3.12. The van der Waals surface area contributed by atoms with Gasteiger partial charge in [-0.1, -0.05) is 12.2 Å². The van der Waals surface area contributed by atoms with E-state index < -0.39 is 40.7 Å². The van der Waals surface area contributed by atoms with Crippen LogP contribution in [0.15, 0.2) is 65.8 Å². The number of nitrogens with one attached hydrogen (secondary N) is 2. The average Bonchev–Trinajstić information content (AvgIpc) is 2.75. The van der Waals surface area contributed by atoms with Crippen LogP contribution in [0.2, 0.25) is 0 Å². The Morgan fingerprint density at radius 1 is 1.13 bits per heavy atom. The number of aromatic nitrogens is 1. The van der Waals surface area contributed by atoms with E-state index in [0.29, 0.717) is 13.0 Å². The van der Waals surface area contributed by atoms with E-state index in [1.54, 1.807) is 24.5 Å². The molecule has 3 rings (SSSR count). The Kier molecular flexibility index (Phi) is 7.85. The van der Waals surface area contributed by atoms with Gasteiger partial charge in [0.2, 0.25) is 15.9 Å². The van der Waals surface area contributed by atoms with Crippen LogP contribution < -0.4 is 10.0 Å². The highest BCUT2D eigenvalue weighted by molar-refractivity contribution is 7.89. The smallest absolute Gasteiger partial charge is 0.241 e. The first-order valence-electron chi connectivity index (χ1n) is 9.75. The number of pyridine rings is 1. The number of aliphatic hydroxyl groups is 1. The number of ether oxygens (including phenoxy) is 1. The maximum Gasteiger partial charge on any atom is 0.241 e. The van der Waals surface area contributed by atoms with Crippen molar-refractivity contribution in [3.8, 4) is 0 Å². The van der Waals surface area contributed by atoms with Crippen LogP contribution in [0.1, 0.15) is 12.0 Å². The second-order valence-corrected chi connectivity index (χ2v) is 8.75. The Balaban J connectivity index is 1.53. The molecule has 1 aromatic carbocycles. The van der Waals surface area contributed by atoms with Crippen molar-refractivity contribution >= 4 is 15.9 Å². The summed E-state index contributed by atoms with van der Waals surface area (Å²) < 4.78 is 46.2. The number of halogens is 1. The van der Waals surface area contributed by atoms with Gasteiger partial charge in [-0.15, -0.1) is 0 Å². The van der Waals surface area contributed by atoms with Crippen LogP contribution in [-0.4, -0.2) is 55.8 Å². The van der Waals surface area contributed by atoms with Gasteiger partial charge in [0.25, 0.3) is 0 Å². The number of sulfonamides is 1. The van der Waals surface area contributed by atoms with Crippen molar-refractivity contribution in [2.75, 3.05) is 13.2 Å². The van der Waals surface area contributed by atoms with Crippen LogP contribution in [0.3, 0.4) is 0 Å². The summed E-state index contributed by atoms with van der Waals surface area (Å²) in [7, 11) is -3.94. The lowest BCUT2D eigenvalue weighted by Crippen LogP contribution is -2.49. The predicted molar refractivity (Wildman–Crippen MR) is 111 cm³/mol. The minimum absolute atomic E-state index is 0.0424. The van der Waals surface area contributed by atoms with E-state index >= 15 is 0 Å². The molecule has 3 atom stereocenters. The van der Waals surface area contributed by atoms with Gasteiger partial charge in [0.05, 0.1) is 30.1 Å². The maximum absolute atomic E-state index is 13.0. The molecule has 0 spiro atoms. The molecule has 0 radical (unpaired) electrons. The minimum Gasteiger partial charge on any atom is -0.394 e. The van der Waals surface area contributed by atoms with Crippen LogP contribution in [-0.2, 0) is 26.0 Å². The molecule has 166 valence electrons. The highest BCUT2D eigenvalue weighted by atomic mass is 32.2. The Labute approximate surface area is 180 Å². The summed E-state index contributed by atoms with van der Waals surface area (Å²) in [4.78, 5) is 16.0. The molecule has 0 fully saturated rings. The number of hydrogen-bond donors (Lipinski definition) is 3. The fourth-order valence-corrected chi connectivity index (χ4v) is 4.34. The van der Waals surface area contributed by atoms with Gasteiger partial charge in [0.1, 0.15) is 11.9 Å². The lowest BCUT2D eigenvalue weighted by molar-refractivity contribution is -0.125. The molecule has 10 heteroatoms. The lowest BCUT2D eigenvalue weighted by atomic mass is 10.1. The third-order valence-corrected chi connectivity index (χ3v) is 6.23. The number of nitrogens with zero attached hydrogens (tertiary/aromatic N) is 1. The summed E-state index contributed by atoms with van der Waals surface area (Å²) in [6.45, 7) is 0.0178. The van der Waals surface area contributed by atoms with Crippen molar-refractivity contribution in [1.29, 1.82) is 0 Å².